The molecular weight excluding hydrogens is 432 g/mol. The van der Waals surface area contributed by atoms with Crippen molar-refractivity contribution in [3.8, 4) is 0 Å². The van der Waals surface area contributed by atoms with Gasteiger partial charge in [0.05, 0.1) is 18.1 Å². The number of nitrogens with one attached hydrogen (secondary N) is 1. The van der Waals surface area contributed by atoms with E-state index >= 15 is 0 Å². The number of carbonyl (C=O) groups is 1. The van der Waals surface area contributed by atoms with Crippen LogP contribution in [0.5, 0.6) is 0 Å². The molecule has 1 heterocycles. The molecule has 0 spiro atoms. The molecule has 0 atom stereocenters. The number of hydrogen-bond donors (Lipinski definition) is 1. The molecule has 156 valence electrons. The van der Waals surface area contributed by atoms with Crippen LogP contribution < -0.4 is 5.32 Å². The molecule has 1 aliphatic rings. The quantitative estimate of drug-likeness (QED) is 0.620. The van der Waals surface area contributed by atoms with E-state index in [4.69, 9.17) is 16.3 Å². The van der Waals surface area contributed by atoms with Crippen molar-refractivity contribution in [2.75, 3.05) is 32.1 Å². The molecular formula is C20H23ClN2O4S2. The van der Waals surface area contributed by atoms with Crippen LogP contribution in [0, 0.1) is 0 Å². The van der Waals surface area contributed by atoms with Crippen LogP contribution in [-0.4, -0.2) is 50.7 Å². The number of halogens is 1. The van der Waals surface area contributed by atoms with E-state index in [0.717, 1.165) is 4.90 Å². The van der Waals surface area contributed by atoms with Gasteiger partial charge in [-0.15, -0.1) is 11.8 Å². The first-order valence-electron chi connectivity index (χ1n) is 9.28. The topological polar surface area (TPSA) is 75.7 Å². The number of nitrogens with zero attached hydrogens (tertiary/aromatic N) is 1. The van der Waals surface area contributed by atoms with Crippen molar-refractivity contribution >= 4 is 39.3 Å². The summed E-state index contributed by atoms with van der Waals surface area (Å²) in [7, 11) is -3.61. The third-order valence-corrected chi connectivity index (χ3v) is 7.71. The van der Waals surface area contributed by atoms with Gasteiger partial charge in [-0.2, -0.15) is 4.31 Å². The van der Waals surface area contributed by atoms with Crippen LogP contribution >= 0.6 is 23.4 Å². The second-order valence-electron chi connectivity index (χ2n) is 6.45. The van der Waals surface area contributed by atoms with E-state index in [9.17, 15) is 13.2 Å². The third kappa shape index (κ3) is 6.20. The maximum atomic E-state index is 13.0. The lowest BCUT2D eigenvalue weighted by atomic mass is 10.2. The number of sulfonamides is 1. The van der Waals surface area contributed by atoms with Crippen LogP contribution in [0.4, 0.5) is 0 Å². The second kappa shape index (κ2) is 10.4. The molecule has 9 heteroatoms. The highest BCUT2D eigenvalue weighted by molar-refractivity contribution is 7.99. The standard InChI is InChI=1S/C20H23ClN2O4S2/c21-17-5-7-18(8-6-17)28-14-9-20(24)22-15-16-3-1-2-4-19(16)29(25,26)23-10-12-27-13-11-23/h1-8H,9-15H2,(H,22,24). The van der Waals surface area contributed by atoms with E-state index in [1.807, 2.05) is 24.3 Å². The van der Waals surface area contributed by atoms with Gasteiger partial charge in [-0.25, -0.2) is 8.42 Å². The summed E-state index contributed by atoms with van der Waals surface area (Å²) in [6, 6.07) is 14.2. The SMILES string of the molecule is O=C(CCSc1ccc(Cl)cc1)NCc1ccccc1S(=O)(=O)N1CCOCC1. The number of hydrogen-bond acceptors (Lipinski definition) is 5. The van der Waals surface area contributed by atoms with Crippen molar-refractivity contribution in [3.63, 3.8) is 0 Å². The van der Waals surface area contributed by atoms with Gasteiger partial charge in [-0.3, -0.25) is 4.79 Å². The first-order chi connectivity index (χ1) is 14.0. The second-order valence-corrected chi connectivity index (χ2v) is 9.96. The van der Waals surface area contributed by atoms with Crippen LogP contribution in [0.1, 0.15) is 12.0 Å². The Balaban J connectivity index is 1.55. The Hall–Kier alpha value is -1.58. The maximum absolute atomic E-state index is 13.0. The summed E-state index contributed by atoms with van der Waals surface area (Å²) < 4.78 is 32.6. The highest BCUT2D eigenvalue weighted by Crippen LogP contribution is 2.22. The highest BCUT2D eigenvalue weighted by Gasteiger charge is 2.28. The van der Waals surface area contributed by atoms with Gasteiger partial charge < -0.3 is 10.1 Å². The Morgan fingerprint density at radius 2 is 1.79 bits per heavy atom. The molecule has 0 unspecified atom stereocenters. The Morgan fingerprint density at radius 3 is 2.52 bits per heavy atom. The molecule has 2 aromatic rings. The van der Waals surface area contributed by atoms with E-state index in [-0.39, 0.29) is 17.3 Å². The molecule has 1 aliphatic heterocycles. The molecule has 29 heavy (non-hydrogen) atoms. The summed E-state index contributed by atoms with van der Waals surface area (Å²) >= 11 is 7.44. The number of rotatable bonds is 8. The number of amides is 1. The Labute approximate surface area is 180 Å². The molecule has 1 N–H and O–H groups in total. The van der Waals surface area contributed by atoms with Gasteiger partial charge in [-0.05, 0) is 35.9 Å². The smallest absolute Gasteiger partial charge is 0.243 e. The monoisotopic (exact) mass is 454 g/mol. The Morgan fingerprint density at radius 1 is 1.10 bits per heavy atom. The Bertz CT molecular complexity index is 930. The summed E-state index contributed by atoms with van der Waals surface area (Å²) in [4.78, 5) is 13.5. The average molecular weight is 455 g/mol. The Kier molecular flexibility index (Phi) is 7.97. The van der Waals surface area contributed by atoms with Gasteiger partial charge in [0.2, 0.25) is 15.9 Å². The predicted molar refractivity (Wildman–Crippen MR) is 115 cm³/mol. The molecule has 0 bridgehead atoms. The zero-order valence-corrected chi connectivity index (χ0v) is 18.2. The van der Waals surface area contributed by atoms with Gasteiger partial charge in [0.25, 0.3) is 0 Å². The van der Waals surface area contributed by atoms with Crippen molar-refractivity contribution in [1.29, 1.82) is 0 Å². The first-order valence-corrected chi connectivity index (χ1v) is 12.1. The molecule has 1 saturated heterocycles. The minimum atomic E-state index is -3.61. The van der Waals surface area contributed by atoms with Crippen molar-refractivity contribution in [1.82, 2.24) is 9.62 Å². The number of thioether (sulfide) groups is 1. The number of carbonyl (C=O) groups excluding carboxylic acids is 1. The molecule has 6 nitrogen and oxygen atoms in total. The summed E-state index contributed by atoms with van der Waals surface area (Å²) in [5, 5.41) is 3.51. The van der Waals surface area contributed by atoms with Crippen molar-refractivity contribution in [2.24, 2.45) is 0 Å². The number of morpholine rings is 1. The highest BCUT2D eigenvalue weighted by atomic mass is 35.5. The summed E-state index contributed by atoms with van der Waals surface area (Å²) in [5.74, 6) is 0.506. The van der Waals surface area contributed by atoms with Crippen LogP contribution in [-0.2, 0) is 26.1 Å². The number of ether oxygens (including phenoxy) is 1. The molecule has 0 saturated carbocycles. The lowest BCUT2D eigenvalue weighted by Crippen LogP contribution is -2.41. The lowest BCUT2D eigenvalue weighted by Gasteiger charge is -2.27. The van der Waals surface area contributed by atoms with Gasteiger partial charge >= 0.3 is 0 Å². The minimum absolute atomic E-state index is 0.120. The van der Waals surface area contributed by atoms with Gasteiger partial charge in [-0.1, -0.05) is 29.8 Å². The van der Waals surface area contributed by atoms with E-state index in [1.54, 1.807) is 36.0 Å². The largest absolute Gasteiger partial charge is 0.379 e. The molecule has 0 aliphatic carbocycles. The average Bonchev–Trinajstić information content (AvgIpc) is 2.74. The van der Waals surface area contributed by atoms with Gasteiger partial charge in [0.15, 0.2) is 0 Å². The van der Waals surface area contributed by atoms with Crippen molar-refractivity contribution < 1.29 is 17.9 Å². The van der Waals surface area contributed by atoms with Crippen LogP contribution in [0.15, 0.2) is 58.3 Å². The minimum Gasteiger partial charge on any atom is -0.379 e. The fraction of sp³-hybridized carbons (Fsp3) is 0.350. The van der Waals surface area contributed by atoms with Crippen LogP contribution in [0.25, 0.3) is 0 Å². The fourth-order valence-corrected chi connectivity index (χ4v) is 5.51. The zero-order valence-electron chi connectivity index (χ0n) is 15.8. The van der Waals surface area contributed by atoms with E-state index in [0.29, 0.717) is 49.1 Å². The molecule has 1 amide bonds. The third-order valence-electron chi connectivity index (χ3n) is 4.45. The molecule has 1 fully saturated rings. The van der Waals surface area contributed by atoms with Gasteiger partial charge in [0.1, 0.15) is 0 Å². The van der Waals surface area contributed by atoms with Crippen molar-refractivity contribution in [2.45, 2.75) is 22.8 Å². The lowest BCUT2D eigenvalue weighted by molar-refractivity contribution is -0.120. The molecule has 3 rings (SSSR count). The molecule has 0 aromatic heterocycles. The van der Waals surface area contributed by atoms with Crippen LogP contribution in [0.3, 0.4) is 0 Å². The normalized spacial score (nSPS) is 15.2. The summed E-state index contributed by atoms with van der Waals surface area (Å²) in [6.45, 7) is 1.63. The van der Waals surface area contributed by atoms with E-state index in [1.165, 1.54) is 4.31 Å². The summed E-state index contributed by atoms with van der Waals surface area (Å²) in [5.41, 5.74) is 0.581. The van der Waals surface area contributed by atoms with Crippen LogP contribution in [0.2, 0.25) is 5.02 Å². The first kappa shape index (κ1) is 22.1. The van der Waals surface area contributed by atoms with Crippen molar-refractivity contribution in [3.05, 3.63) is 59.1 Å². The van der Waals surface area contributed by atoms with E-state index in [2.05, 4.69) is 5.32 Å². The summed E-state index contributed by atoms with van der Waals surface area (Å²) in [6.07, 6.45) is 0.339. The zero-order chi connectivity index (χ0) is 20.7. The van der Waals surface area contributed by atoms with Gasteiger partial charge in [0, 0.05) is 41.7 Å². The predicted octanol–water partition coefficient (Wildman–Crippen LogP) is 3.16. The molecule has 0 radical (unpaired) electrons. The molecule has 2 aromatic carbocycles. The van der Waals surface area contributed by atoms with E-state index < -0.39 is 10.0 Å². The maximum Gasteiger partial charge on any atom is 0.243 e. The number of benzene rings is 2. The fourth-order valence-electron chi connectivity index (χ4n) is 2.90.